The summed E-state index contributed by atoms with van der Waals surface area (Å²) in [6, 6.07) is 5.41. The van der Waals surface area contributed by atoms with E-state index in [1.807, 2.05) is 4.90 Å². The van der Waals surface area contributed by atoms with Gasteiger partial charge in [0.25, 0.3) is 0 Å². The highest BCUT2D eigenvalue weighted by Gasteiger charge is 2.28. The minimum atomic E-state index is -0.139. The van der Waals surface area contributed by atoms with Crippen LogP contribution in [-0.2, 0) is 16.1 Å². The highest BCUT2D eigenvalue weighted by Crippen LogP contribution is 2.24. The molecule has 8 nitrogen and oxygen atoms in total. The van der Waals surface area contributed by atoms with Crippen molar-refractivity contribution in [3.63, 3.8) is 0 Å². The van der Waals surface area contributed by atoms with Crippen LogP contribution in [0.2, 0.25) is 5.15 Å². The molecule has 3 heterocycles. The molecule has 10 heteroatoms. The highest BCUT2D eigenvalue weighted by molar-refractivity contribution is 7.99. The van der Waals surface area contributed by atoms with Gasteiger partial charge < -0.3 is 19.5 Å². The van der Waals surface area contributed by atoms with Gasteiger partial charge >= 0.3 is 0 Å². The van der Waals surface area contributed by atoms with Crippen molar-refractivity contribution in [2.45, 2.75) is 57.3 Å². The second-order valence-electron chi connectivity index (χ2n) is 7.82. The van der Waals surface area contributed by atoms with Crippen LogP contribution in [0, 0.1) is 0 Å². The average molecular weight is 480 g/mol. The molecule has 0 radical (unpaired) electrons. The Hall–Kier alpha value is -2.26. The van der Waals surface area contributed by atoms with Gasteiger partial charge in [-0.2, -0.15) is 0 Å². The average Bonchev–Trinajstić information content (AvgIpc) is 3.29. The molecule has 32 heavy (non-hydrogen) atoms. The van der Waals surface area contributed by atoms with Gasteiger partial charge in [-0.05, 0) is 25.5 Å². The van der Waals surface area contributed by atoms with Crippen LogP contribution in [0.25, 0.3) is 0 Å². The van der Waals surface area contributed by atoms with Gasteiger partial charge in [-0.1, -0.05) is 43.1 Å². The number of aromatic nitrogens is 2. The Labute approximate surface area is 198 Å². The summed E-state index contributed by atoms with van der Waals surface area (Å²) in [4.78, 5) is 37.6. The van der Waals surface area contributed by atoms with E-state index in [2.05, 4.69) is 34.0 Å². The van der Waals surface area contributed by atoms with Crippen LogP contribution in [0.4, 0.5) is 5.82 Å². The monoisotopic (exact) mass is 479 g/mol. The molecule has 1 unspecified atom stereocenters. The Bertz CT molecular complexity index is 896. The summed E-state index contributed by atoms with van der Waals surface area (Å²) in [5, 5.41) is 3.58. The summed E-state index contributed by atoms with van der Waals surface area (Å²) >= 11 is 7.47. The SMILES string of the molecule is CCCCCC(=O)N1CCN(c2cc(Cl)nc(SCC(=O)NCc3ccco3)n2)CC1C. The van der Waals surface area contributed by atoms with Crippen LogP contribution in [0.5, 0.6) is 0 Å². The molecular formula is C22H30ClN5O3S. The fraction of sp³-hybridized carbons (Fsp3) is 0.545. The molecule has 0 spiro atoms. The first-order chi connectivity index (χ1) is 15.5. The molecule has 1 aliphatic rings. The van der Waals surface area contributed by atoms with Crippen LogP contribution in [-0.4, -0.2) is 58.1 Å². The Morgan fingerprint density at radius 1 is 1.31 bits per heavy atom. The van der Waals surface area contributed by atoms with E-state index in [0.29, 0.717) is 54.5 Å². The first-order valence-electron chi connectivity index (χ1n) is 11.0. The predicted molar refractivity (Wildman–Crippen MR) is 126 cm³/mol. The first-order valence-corrected chi connectivity index (χ1v) is 12.3. The maximum atomic E-state index is 12.5. The Balaban J connectivity index is 1.52. The minimum Gasteiger partial charge on any atom is -0.467 e. The zero-order valence-corrected chi connectivity index (χ0v) is 20.1. The van der Waals surface area contributed by atoms with Crippen LogP contribution < -0.4 is 10.2 Å². The number of nitrogens with one attached hydrogen (secondary N) is 1. The summed E-state index contributed by atoms with van der Waals surface area (Å²) in [5.41, 5.74) is 0. The highest BCUT2D eigenvalue weighted by atomic mass is 35.5. The Kier molecular flexibility index (Phi) is 9.23. The lowest BCUT2D eigenvalue weighted by Crippen LogP contribution is -2.54. The van der Waals surface area contributed by atoms with Gasteiger partial charge in [-0.3, -0.25) is 9.59 Å². The third-order valence-corrected chi connectivity index (χ3v) is 6.34. The van der Waals surface area contributed by atoms with Crippen molar-refractivity contribution in [3.05, 3.63) is 35.4 Å². The molecule has 1 saturated heterocycles. The number of furan rings is 1. The number of hydrogen-bond donors (Lipinski definition) is 1. The number of rotatable bonds is 10. The Morgan fingerprint density at radius 2 is 2.16 bits per heavy atom. The topological polar surface area (TPSA) is 91.6 Å². The zero-order chi connectivity index (χ0) is 22.9. The van der Waals surface area contributed by atoms with E-state index in [9.17, 15) is 9.59 Å². The Morgan fingerprint density at radius 3 is 2.88 bits per heavy atom. The van der Waals surface area contributed by atoms with Gasteiger partial charge in [0, 0.05) is 38.2 Å². The van der Waals surface area contributed by atoms with Gasteiger partial charge in [0.05, 0.1) is 18.6 Å². The summed E-state index contributed by atoms with van der Waals surface area (Å²) < 4.78 is 5.21. The van der Waals surface area contributed by atoms with E-state index >= 15 is 0 Å². The van der Waals surface area contributed by atoms with Crippen LogP contribution in [0.1, 0.15) is 45.3 Å². The summed E-state index contributed by atoms with van der Waals surface area (Å²) in [5.74, 6) is 1.68. The van der Waals surface area contributed by atoms with E-state index in [0.717, 1.165) is 19.3 Å². The largest absolute Gasteiger partial charge is 0.467 e. The fourth-order valence-electron chi connectivity index (χ4n) is 3.60. The van der Waals surface area contributed by atoms with Crippen LogP contribution >= 0.6 is 23.4 Å². The maximum Gasteiger partial charge on any atom is 0.230 e. The summed E-state index contributed by atoms with van der Waals surface area (Å²) in [7, 11) is 0. The van der Waals surface area contributed by atoms with Crippen LogP contribution in [0.3, 0.4) is 0 Å². The lowest BCUT2D eigenvalue weighted by atomic mass is 10.1. The standard InChI is InChI=1S/C22H30ClN5O3S/c1-3-4-5-8-21(30)28-10-9-27(14-16(28)2)19-12-18(23)25-22(26-19)32-15-20(29)24-13-17-7-6-11-31-17/h6-7,11-12,16H,3-5,8-10,13-15H2,1-2H3,(H,24,29). The molecule has 1 N–H and O–H groups in total. The van der Waals surface area contributed by atoms with Gasteiger partial charge in [-0.15, -0.1) is 0 Å². The quantitative estimate of drug-likeness (QED) is 0.240. The lowest BCUT2D eigenvalue weighted by Gasteiger charge is -2.40. The number of hydrogen-bond acceptors (Lipinski definition) is 7. The molecule has 0 bridgehead atoms. The second-order valence-corrected chi connectivity index (χ2v) is 9.15. The van der Waals surface area contributed by atoms with Crippen molar-refractivity contribution in [2.24, 2.45) is 0 Å². The van der Waals surface area contributed by atoms with Crippen molar-refractivity contribution >= 4 is 41.0 Å². The maximum absolute atomic E-state index is 12.5. The normalized spacial score (nSPS) is 16.3. The number of thioether (sulfide) groups is 1. The van der Waals surface area contributed by atoms with Crippen LogP contribution in [0.15, 0.2) is 34.0 Å². The molecule has 0 saturated carbocycles. The lowest BCUT2D eigenvalue weighted by molar-refractivity contribution is -0.133. The number of anilines is 1. The molecule has 0 aromatic carbocycles. The molecule has 1 fully saturated rings. The van der Waals surface area contributed by atoms with Crippen molar-refractivity contribution in [3.8, 4) is 0 Å². The number of halogens is 1. The van der Waals surface area contributed by atoms with Crippen molar-refractivity contribution in [2.75, 3.05) is 30.3 Å². The molecule has 174 valence electrons. The van der Waals surface area contributed by atoms with E-state index in [1.54, 1.807) is 24.5 Å². The minimum absolute atomic E-state index is 0.0927. The van der Waals surface area contributed by atoms with E-state index in [4.69, 9.17) is 16.0 Å². The fourth-order valence-corrected chi connectivity index (χ4v) is 4.51. The van der Waals surface area contributed by atoms with E-state index in [1.165, 1.54) is 11.8 Å². The number of nitrogens with zero attached hydrogens (tertiary/aromatic N) is 4. The smallest absolute Gasteiger partial charge is 0.230 e. The molecule has 3 rings (SSSR count). The van der Waals surface area contributed by atoms with Crippen molar-refractivity contribution < 1.29 is 14.0 Å². The van der Waals surface area contributed by atoms with Gasteiger partial charge in [-0.25, -0.2) is 9.97 Å². The predicted octanol–water partition coefficient (Wildman–Crippen LogP) is 3.75. The number of carbonyl (C=O) groups is 2. The zero-order valence-electron chi connectivity index (χ0n) is 18.6. The van der Waals surface area contributed by atoms with Gasteiger partial charge in [0.2, 0.25) is 11.8 Å². The molecule has 2 amide bonds. The number of piperazine rings is 1. The molecular weight excluding hydrogens is 450 g/mol. The second kappa shape index (κ2) is 12.1. The number of carbonyl (C=O) groups excluding carboxylic acids is 2. The summed E-state index contributed by atoms with van der Waals surface area (Å²) in [6.45, 7) is 6.56. The first kappa shape index (κ1) is 24.4. The number of unbranched alkanes of at least 4 members (excludes halogenated alkanes) is 2. The molecule has 2 aromatic heterocycles. The molecule has 1 atom stereocenters. The van der Waals surface area contributed by atoms with E-state index < -0.39 is 0 Å². The third kappa shape index (κ3) is 7.13. The van der Waals surface area contributed by atoms with Crippen molar-refractivity contribution in [1.29, 1.82) is 0 Å². The molecule has 2 aromatic rings. The number of amides is 2. The molecule has 1 aliphatic heterocycles. The van der Waals surface area contributed by atoms with E-state index in [-0.39, 0.29) is 23.6 Å². The van der Waals surface area contributed by atoms with Gasteiger partial charge in [0.1, 0.15) is 16.7 Å². The third-order valence-electron chi connectivity index (χ3n) is 5.30. The molecule has 0 aliphatic carbocycles. The van der Waals surface area contributed by atoms with Gasteiger partial charge in [0.15, 0.2) is 5.16 Å². The van der Waals surface area contributed by atoms with Crippen molar-refractivity contribution in [1.82, 2.24) is 20.2 Å². The summed E-state index contributed by atoms with van der Waals surface area (Å²) in [6.07, 6.45) is 5.32.